The number of aliphatic imine (C=N–C) groups is 1. The van der Waals surface area contributed by atoms with Crippen molar-refractivity contribution in [2.24, 2.45) is 22.1 Å². The Hall–Kier alpha value is -0.530. The van der Waals surface area contributed by atoms with Crippen LogP contribution in [0.2, 0.25) is 0 Å². The first-order valence-corrected chi connectivity index (χ1v) is 4.18. The summed E-state index contributed by atoms with van der Waals surface area (Å²) in [4.78, 5) is 4.05. The summed E-state index contributed by atoms with van der Waals surface area (Å²) < 4.78 is 0. The van der Waals surface area contributed by atoms with Gasteiger partial charge in [0.15, 0.2) is 0 Å². The van der Waals surface area contributed by atoms with Crippen LogP contribution in [0, 0.1) is 11.3 Å². The van der Waals surface area contributed by atoms with Crippen molar-refractivity contribution in [3.8, 4) is 0 Å². The fourth-order valence-electron chi connectivity index (χ4n) is 1.47. The average molecular weight is 156 g/mol. The maximum absolute atomic E-state index is 5.17. The minimum Gasteiger partial charge on any atom is -0.390 e. The quantitative estimate of drug-likeness (QED) is 0.491. The first kappa shape index (κ1) is 10.5. The number of nitrogens with zero attached hydrogens (tertiary/aromatic N) is 1. The maximum atomic E-state index is 5.17. The van der Waals surface area contributed by atoms with Crippen molar-refractivity contribution in [1.82, 2.24) is 0 Å². The molecule has 0 amide bonds. The molecular formula is C9H20N2. The Balaban J connectivity index is 3.79. The van der Waals surface area contributed by atoms with E-state index in [1.807, 2.05) is 0 Å². The highest BCUT2D eigenvalue weighted by Crippen LogP contribution is 2.24. The molecule has 0 saturated carbocycles. The molecule has 0 unspecified atom stereocenters. The minimum absolute atomic E-state index is 0.296. The molecule has 0 aromatic heterocycles. The van der Waals surface area contributed by atoms with E-state index in [-0.39, 0.29) is 0 Å². The zero-order chi connectivity index (χ0) is 8.91. The standard InChI is InChI=1S/C9H20N2/c1-8(2)5-9(3,4)6-11-7-10/h7-8H,5-6H2,1-4H3,(H2,10,11). The second-order valence-electron chi connectivity index (χ2n) is 4.25. The van der Waals surface area contributed by atoms with Crippen LogP contribution in [0.4, 0.5) is 0 Å². The first-order valence-electron chi connectivity index (χ1n) is 4.18. The summed E-state index contributed by atoms with van der Waals surface area (Å²) in [5.41, 5.74) is 5.47. The van der Waals surface area contributed by atoms with Gasteiger partial charge in [-0.1, -0.05) is 27.7 Å². The van der Waals surface area contributed by atoms with Gasteiger partial charge < -0.3 is 5.73 Å². The molecular weight excluding hydrogens is 136 g/mol. The van der Waals surface area contributed by atoms with Crippen LogP contribution < -0.4 is 5.73 Å². The van der Waals surface area contributed by atoms with Crippen molar-refractivity contribution in [2.45, 2.75) is 34.1 Å². The number of hydrogen-bond donors (Lipinski definition) is 1. The van der Waals surface area contributed by atoms with Gasteiger partial charge in [-0.15, -0.1) is 0 Å². The van der Waals surface area contributed by atoms with E-state index in [1.165, 1.54) is 12.8 Å². The summed E-state index contributed by atoms with van der Waals surface area (Å²) in [6.07, 6.45) is 2.59. The average Bonchev–Trinajstić information content (AvgIpc) is 1.81. The molecule has 2 nitrogen and oxygen atoms in total. The molecule has 0 rings (SSSR count). The second kappa shape index (κ2) is 4.37. The number of hydrogen-bond acceptors (Lipinski definition) is 1. The normalized spacial score (nSPS) is 13.2. The fraction of sp³-hybridized carbons (Fsp3) is 0.889. The fourth-order valence-corrected chi connectivity index (χ4v) is 1.47. The molecule has 66 valence electrons. The third kappa shape index (κ3) is 5.89. The Morgan fingerprint density at radius 1 is 1.45 bits per heavy atom. The molecule has 0 spiro atoms. The van der Waals surface area contributed by atoms with Crippen LogP contribution in [-0.2, 0) is 0 Å². The lowest BCUT2D eigenvalue weighted by Gasteiger charge is -2.24. The highest BCUT2D eigenvalue weighted by molar-refractivity contribution is 5.51. The van der Waals surface area contributed by atoms with Gasteiger partial charge in [0.05, 0.1) is 6.34 Å². The van der Waals surface area contributed by atoms with E-state index in [0.717, 1.165) is 12.5 Å². The molecule has 0 bridgehead atoms. The lowest BCUT2D eigenvalue weighted by Crippen LogP contribution is -2.18. The van der Waals surface area contributed by atoms with E-state index in [2.05, 4.69) is 32.7 Å². The summed E-state index contributed by atoms with van der Waals surface area (Å²) in [7, 11) is 0. The van der Waals surface area contributed by atoms with E-state index >= 15 is 0 Å². The molecule has 0 atom stereocenters. The summed E-state index contributed by atoms with van der Waals surface area (Å²) in [6, 6.07) is 0. The molecule has 0 saturated heterocycles. The van der Waals surface area contributed by atoms with Crippen molar-refractivity contribution in [3.63, 3.8) is 0 Å². The zero-order valence-electron chi connectivity index (χ0n) is 8.09. The van der Waals surface area contributed by atoms with Crippen LogP contribution >= 0.6 is 0 Å². The van der Waals surface area contributed by atoms with E-state index < -0.39 is 0 Å². The summed E-state index contributed by atoms with van der Waals surface area (Å²) in [5, 5.41) is 0. The number of nitrogens with two attached hydrogens (primary N) is 1. The van der Waals surface area contributed by atoms with Crippen molar-refractivity contribution in [1.29, 1.82) is 0 Å². The highest BCUT2D eigenvalue weighted by Gasteiger charge is 2.18. The summed E-state index contributed by atoms with van der Waals surface area (Å²) in [6.45, 7) is 9.74. The molecule has 2 heteroatoms. The lowest BCUT2D eigenvalue weighted by molar-refractivity contribution is 0.299. The van der Waals surface area contributed by atoms with Crippen molar-refractivity contribution in [2.75, 3.05) is 6.54 Å². The van der Waals surface area contributed by atoms with Crippen molar-refractivity contribution in [3.05, 3.63) is 0 Å². The zero-order valence-corrected chi connectivity index (χ0v) is 8.09. The maximum Gasteiger partial charge on any atom is 0.0797 e. The lowest BCUT2D eigenvalue weighted by atomic mass is 9.84. The van der Waals surface area contributed by atoms with E-state index in [0.29, 0.717) is 5.41 Å². The second-order valence-corrected chi connectivity index (χ2v) is 4.25. The Bertz CT molecular complexity index is 126. The van der Waals surface area contributed by atoms with Gasteiger partial charge in [-0.3, -0.25) is 4.99 Å². The minimum atomic E-state index is 0.296. The van der Waals surface area contributed by atoms with Crippen LogP contribution in [0.3, 0.4) is 0 Å². The van der Waals surface area contributed by atoms with Gasteiger partial charge in [0, 0.05) is 6.54 Å². The molecule has 0 aliphatic rings. The monoisotopic (exact) mass is 156 g/mol. The van der Waals surface area contributed by atoms with E-state index in [1.54, 1.807) is 0 Å². The van der Waals surface area contributed by atoms with E-state index in [9.17, 15) is 0 Å². The molecule has 0 aliphatic carbocycles. The van der Waals surface area contributed by atoms with Gasteiger partial charge in [0.25, 0.3) is 0 Å². The summed E-state index contributed by atoms with van der Waals surface area (Å²) >= 11 is 0. The van der Waals surface area contributed by atoms with Gasteiger partial charge in [-0.25, -0.2) is 0 Å². The molecule has 0 aliphatic heterocycles. The summed E-state index contributed by atoms with van der Waals surface area (Å²) in [5.74, 6) is 0.734. The Morgan fingerprint density at radius 3 is 2.36 bits per heavy atom. The highest BCUT2D eigenvalue weighted by atomic mass is 14.8. The first-order chi connectivity index (χ1) is 4.98. The van der Waals surface area contributed by atoms with Crippen LogP contribution in [0.15, 0.2) is 4.99 Å². The Kier molecular flexibility index (Phi) is 4.16. The van der Waals surface area contributed by atoms with E-state index in [4.69, 9.17) is 5.73 Å². The SMILES string of the molecule is CC(C)CC(C)(C)C/N=C\N. The molecule has 0 fully saturated rings. The van der Waals surface area contributed by atoms with Gasteiger partial charge in [0.1, 0.15) is 0 Å². The van der Waals surface area contributed by atoms with Crippen LogP contribution in [0.1, 0.15) is 34.1 Å². The smallest absolute Gasteiger partial charge is 0.0797 e. The van der Waals surface area contributed by atoms with Crippen molar-refractivity contribution >= 4 is 6.34 Å². The Morgan fingerprint density at radius 2 is 2.00 bits per heavy atom. The van der Waals surface area contributed by atoms with Crippen molar-refractivity contribution < 1.29 is 0 Å². The third-order valence-electron chi connectivity index (χ3n) is 1.59. The molecule has 11 heavy (non-hydrogen) atoms. The van der Waals surface area contributed by atoms with Crippen LogP contribution in [0.5, 0.6) is 0 Å². The van der Waals surface area contributed by atoms with Gasteiger partial charge in [0.2, 0.25) is 0 Å². The van der Waals surface area contributed by atoms with Crippen LogP contribution in [-0.4, -0.2) is 12.9 Å². The van der Waals surface area contributed by atoms with Gasteiger partial charge >= 0.3 is 0 Å². The number of rotatable bonds is 4. The Labute approximate surface area is 69.9 Å². The molecule has 0 aromatic carbocycles. The van der Waals surface area contributed by atoms with Gasteiger partial charge in [-0.05, 0) is 17.8 Å². The predicted molar refractivity (Wildman–Crippen MR) is 50.8 cm³/mol. The molecule has 0 heterocycles. The molecule has 0 aromatic rings. The predicted octanol–water partition coefficient (Wildman–Crippen LogP) is 2.05. The third-order valence-corrected chi connectivity index (χ3v) is 1.59. The van der Waals surface area contributed by atoms with Crippen LogP contribution in [0.25, 0.3) is 0 Å². The largest absolute Gasteiger partial charge is 0.390 e. The molecule has 0 radical (unpaired) electrons. The van der Waals surface area contributed by atoms with Gasteiger partial charge in [-0.2, -0.15) is 0 Å². The topological polar surface area (TPSA) is 38.4 Å². The molecule has 2 N–H and O–H groups in total.